The van der Waals surface area contributed by atoms with Crippen molar-refractivity contribution in [1.82, 2.24) is 4.90 Å². The first-order valence-corrected chi connectivity index (χ1v) is 7.33. The molecular formula is C15H13NO6S. The number of amides is 2. The van der Waals surface area contributed by atoms with Gasteiger partial charge in [0.05, 0.1) is 12.0 Å². The van der Waals surface area contributed by atoms with E-state index in [2.05, 4.69) is 4.74 Å². The van der Waals surface area contributed by atoms with E-state index in [0.29, 0.717) is 11.3 Å². The minimum Gasteiger partial charge on any atom is -0.468 e. The van der Waals surface area contributed by atoms with Crippen LogP contribution in [-0.2, 0) is 19.1 Å². The zero-order valence-electron chi connectivity index (χ0n) is 12.4. The highest BCUT2D eigenvalue weighted by atomic mass is 32.2. The van der Waals surface area contributed by atoms with Crippen molar-refractivity contribution in [3.05, 3.63) is 34.7 Å². The van der Waals surface area contributed by atoms with Gasteiger partial charge in [0.25, 0.3) is 11.1 Å². The molecular weight excluding hydrogens is 322 g/mol. The smallest absolute Gasteiger partial charge is 0.325 e. The number of ether oxygens (including phenoxy) is 2. The van der Waals surface area contributed by atoms with Crippen LogP contribution in [0.3, 0.4) is 0 Å². The quantitative estimate of drug-likeness (QED) is 0.471. The van der Waals surface area contributed by atoms with Gasteiger partial charge in [0.15, 0.2) is 0 Å². The summed E-state index contributed by atoms with van der Waals surface area (Å²) >= 11 is 0.749. The average molecular weight is 335 g/mol. The van der Waals surface area contributed by atoms with Gasteiger partial charge in [-0.2, -0.15) is 0 Å². The Balaban J connectivity index is 2.13. The first kappa shape index (κ1) is 16.8. The van der Waals surface area contributed by atoms with Gasteiger partial charge >= 0.3 is 11.9 Å². The number of imide groups is 1. The SMILES string of the molecule is COC(=O)CN1C(=O)S/C(=C/c2ccc(OC(C)=O)cc2)C1=O. The summed E-state index contributed by atoms with van der Waals surface area (Å²) in [5.41, 5.74) is 0.657. The molecule has 1 aliphatic heterocycles. The maximum atomic E-state index is 12.1. The standard InChI is InChI=1S/C15H13NO6S/c1-9(17)22-11-5-3-10(4-6-11)7-12-14(19)16(15(20)23-12)8-13(18)21-2/h3-7H,8H2,1-2H3/b12-7+. The molecule has 0 aliphatic carbocycles. The van der Waals surface area contributed by atoms with Crippen LogP contribution in [0.15, 0.2) is 29.2 Å². The van der Waals surface area contributed by atoms with Crippen molar-refractivity contribution in [3.8, 4) is 5.75 Å². The number of nitrogens with zero attached hydrogens (tertiary/aromatic N) is 1. The Morgan fingerprint density at radius 3 is 2.43 bits per heavy atom. The maximum Gasteiger partial charge on any atom is 0.325 e. The molecule has 0 radical (unpaired) electrons. The van der Waals surface area contributed by atoms with Crippen LogP contribution in [0, 0.1) is 0 Å². The molecule has 2 rings (SSSR count). The summed E-state index contributed by atoms with van der Waals surface area (Å²) in [6.45, 7) is 0.884. The predicted molar refractivity (Wildman–Crippen MR) is 82.4 cm³/mol. The molecule has 1 aliphatic rings. The lowest BCUT2D eigenvalue weighted by molar-refractivity contribution is -0.143. The second-order valence-corrected chi connectivity index (χ2v) is 5.50. The van der Waals surface area contributed by atoms with Crippen LogP contribution < -0.4 is 4.74 Å². The van der Waals surface area contributed by atoms with Gasteiger partial charge in [0.2, 0.25) is 0 Å². The molecule has 0 unspecified atom stereocenters. The van der Waals surface area contributed by atoms with Crippen LogP contribution in [-0.4, -0.2) is 41.6 Å². The monoisotopic (exact) mass is 335 g/mol. The Labute approximate surface area is 136 Å². The first-order valence-electron chi connectivity index (χ1n) is 6.51. The highest BCUT2D eigenvalue weighted by Gasteiger charge is 2.36. The summed E-state index contributed by atoms with van der Waals surface area (Å²) in [5, 5.41) is -0.525. The van der Waals surface area contributed by atoms with Gasteiger partial charge in [-0.15, -0.1) is 0 Å². The summed E-state index contributed by atoms with van der Waals surface area (Å²) in [7, 11) is 1.18. The number of rotatable bonds is 4. The largest absolute Gasteiger partial charge is 0.468 e. The number of hydrogen-bond acceptors (Lipinski definition) is 7. The van der Waals surface area contributed by atoms with E-state index in [-0.39, 0.29) is 4.91 Å². The molecule has 1 saturated heterocycles. The minimum absolute atomic E-state index is 0.208. The van der Waals surface area contributed by atoms with Gasteiger partial charge in [-0.3, -0.25) is 24.1 Å². The second kappa shape index (κ2) is 7.10. The van der Waals surface area contributed by atoms with E-state index >= 15 is 0 Å². The highest BCUT2D eigenvalue weighted by Crippen LogP contribution is 2.32. The van der Waals surface area contributed by atoms with Gasteiger partial charge in [-0.05, 0) is 35.5 Å². The third kappa shape index (κ3) is 4.19. The first-order chi connectivity index (χ1) is 10.9. The van der Waals surface area contributed by atoms with E-state index in [0.717, 1.165) is 16.7 Å². The molecule has 0 atom stereocenters. The fraction of sp³-hybridized carbons (Fsp3) is 0.200. The molecule has 1 aromatic carbocycles. The molecule has 0 saturated carbocycles. The Morgan fingerprint density at radius 1 is 1.22 bits per heavy atom. The molecule has 2 amide bonds. The lowest BCUT2D eigenvalue weighted by atomic mass is 10.2. The van der Waals surface area contributed by atoms with Gasteiger partial charge in [0, 0.05) is 6.92 Å². The Bertz CT molecular complexity index is 694. The van der Waals surface area contributed by atoms with Gasteiger partial charge in [-0.1, -0.05) is 12.1 Å². The van der Waals surface area contributed by atoms with Crippen molar-refractivity contribution in [2.24, 2.45) is 0 Å². The molecule has 0 aromatic heterocycles. The summed E-state index contributed by atoms with van der Waals surface area (Å²) in [6, 6.07) is 6.44. The second-order valence-electron chi connectivity index (χ2n) is 4.51. The Morgan fingerprint density at radius 2 is 1.87 bits per heavy atom. The van der Waals surface area contributed by atoms with E-state index in [4.69, 9.17) is 4.74 Å². The molecule has 1 aromatic rings. The zero-order chi connectivity index (χ0) is 17.0. The molecule has 0 bridgehead atoms. The molecule has 120 valence electrons. The Hall–Kier alpha value is -2.61. The van der Waals surface area contributed by atoms with Crippen LogP contribution in [0.2, 0.25) is 0 Å². The molecule has 0 spiro atoms. The summed E-state index contributed by atoms with van der Waals surface area (Å²) in [4.78, 5) is 47.0. The van der Waals surface area contributed by atoms with E-state index in [1.807, 2.05) is 0 Å². The van der Waals surface area contributed by atoms with Crippen LogP contribution in [0.1, 0.15) is 12.5 Å². The molecule has 1 fully saturated rings. The van der Waals surface area contributed by atoms with Crippen molar-refractivity contribution in [3.63, 3.8) is 0 Å². The Kier molecular flexibility index (Phi) is 5.17. The number of carbonyl (C=O) groups excluding carboxylic acids is 4. The maximum absolute atomic E-state index is 12.1. The summed E-state index contributed by atoms with van der Waals surface area (Å²) < 4.78 is 9.36. The van der Waals surface area contributed by atoms with Crippen molar-refractivity contribution < 1.29 is 28.7 Å². The van der Waals surface area contributed by atoms with Crippen molar-refractivity contribution >= 4 is 40.9 Å². The summed E-state index contributed by atoms with van der Waals surface area (Å²) in [5.74, 6) is -1.26. The predicted octanol–water partition coefficient (Wildman–Crippen LogP) is 1.82. The van der Waals surface area contributed by atoms with Crippen LogP contribution in [0.25, 0.3) is 6.08 Å². The molecule has 8 heteroatoms. The third-order valence-corrected chi connectivity index (χ3v) is 3.74. The average Bonchev–Trinajstić information content (AvgIpc) is 2.76. The van der Waals surface area contributed by atoms with Crippen molar-refractivity contribution in [1.29, 1.82) is 0 Å². The number of thioether (sulfide) groups is 1. The lowest BCUT2D eigenvalue weighted by Crippen LogP contribution is -2.34. The fourth-order valence-electron chi connectivity index (χ4n) is 1.78. The number of esters is 2. The van der Waals surface area contributed by atoms with E-state index in [1.165, 1.54) is 20.1 Å². The third-order valence-electron chi connectivity index (χ3n) is 2.83. The van der Waals surface area contributed by atoms with Gasteiger partial charge < -0.3 is 9.47 Å². The minimum atomic E-state index is -0.667. The van der Waals surface area contributed by atoms with E-state index < -0.39 is 29.6 Å². The number of benzene rings is 1. The van der Waals surface area contributed by atoms with Crippen molar-refractivity contribution in [2.45, 2.75) is 6.92 Å². The van der Waals surface area contributed by atoms with Gasteiger partial charge in [0.1, 0.15) is 12.3 Å². The molecule has 23 heavy (non-hydrogen) atoms. The number of hydrogen-bond donors (Lipinski definition) is 0. The van der Waals surface area contributed by atoms with Crippen LogP contribution in [0.4, 0.5) is 4.79 Å². The molecule has 7 nitrogen and oxygen atoms in total. The van der Waals surface area contributed by atoms with Crippen molar-refractivity contribution in [2.75, 3.05) is 13.7 Å². The normalized spacial score (nSPS) is 15.9. The number of methoxy groups -OCH3 is 1. The lowest BCUT2D eigenvalue weighted by Gasteiger charge is -2.09. The fourth-order valence-corrected chi connectivity index (χ4v) is 2.62. The molecule has 0 N–H and O–H groups in total. The van der Waals surface area contributed by atoms with Crippen LogP contribution in [0.5, 0.6) is 5.75 Å². The van der Waals surface area contributed by atoms with Gasteiger partial charge in [-0.25, -0.2) is 0 Å². The summed E-state index contributed by atoms with van der Waals surface area (Å²) in [6.07, 6.45) is 1.53. The van der Waals surface area contributed by atoms with Crippen LogP contribution >= 0.6 is 11.8 Å². The topological polar surface area (TPSA) is 90.0 Å². The number of carbonyl (C=O) groups is 4. The highest BCUT2D eigenvalue weighted by molar-refractivity contribution is 8.18. The van der Waals surface area contributed by atoms with E-state index in [1.54, 1.807) is 24.3 Å². The zero-order valence-corrected chi connectivity index (χ0v) is 13.2. The molecule has 1 heterocycles. The van der Waals surface area contributed by atoms with E-state index in [9.17, 15) is 19.2 Å².